The smallest absolute Gasteiger partial charge is 0.409 e. The average molecular weight is 266 g/mol. The Labute approximate surface area is 116 Å². The lowest BCUT2D eigenvalue weighted by Gasteiger charge is -2.33. The molecule has 0 spiro atoms. The fourth-order valence-electron chi connectivity index (χ4n) is 4.26. The summed E-state index contributed by atoms with van der Waals surface area (Å²) < 4.78 is 4.97. The maximum atomic E-state index is 11.4. The number of carbonyl (C=O) groups excluding carboxylic acids is 1. The normalized spacial score (nSPS) is 35.5. The van der Waals surface area contributed by atoms with Gasteiger partial charge in [0.25, 0.3) is 0 Å². The van der Waals surface area contributed by atoms with Crippen LogP contribution in [0.4, 0.5) is 4.79 Å². The van der Waals surface area contributed by atoms with Crippen LogP contribution < -0.4 is 0 Å². The number of hydrogen-bond acceptors (Lipinski definition) is 3. The molecule has 1 amide bonds. The second kappa shape index (κ2) is 5.70. The first kappa shape index (κ1) is 13.2. The van der Waals surface area contributed by atoms with Crippen molar-refractivity contribution in [2.45, 2.75) is 57.5 Å². The Morgan fingerprint density at radius 2 is 2.11 bits per heavy atom. The number of hydrogen-bond donors (Lipinski definition) is 0. The standard InChI is InChI=1S/C15H26N2O2/c1-12-11-13-5-2-3-6-14(13)17(12)8-4-7-16-9-10-19-15(16)18/h12-14H,2-11H2,1H3/t12-,13-,14-/m1/s1. The fraction of sp³-hybridized carbons (Fsp3) is 0.933. The molecule has 3 rings (SSSR count). The molecule has 0 aromatic carbocycles. The van der Waals surface area contributed by atoms with Crippen molar-refractivity contribution < 1.29 is 9.53 Å². The second-order valence-electron chi connectivity index (χ2n) is 6.39. The minimum Gasteiger partial charge on any atom is -0.448 e. The predicted molar refractivity (Wildman–Crippen MR) is 74.1 cm³/mol. The lowest BCUT2D eigenvalue weighted by molar-refractivity contribution is 0.142. The van der Waals surface area contributed by atoms with Gasteiger partial charge < -0.3 is 9.64 Å². The second-order valence-corrected chi connectivity index (χ2v) is 6.39. The van der Waals surface area contributed by atoms with Gasteiger partial charge in [-0.05, 0) is 38.5 Å². The molecule has 0 aromatic rings. The number of carbonyl (C=O) groups is 1. The van der Waals surface area contributed by atoms with Gasteiger partial charge >= 0.3 is 6.09 Å². The molecular formula is C15H26N2O2. The van der Waals surface area contributed by atoms with E-state index in [1.807, 2.05) is 4.90 Å². The molecule has 2 heterocycles. The van der Waals surface area contributed by atoms with Crippen LogP contribution >= 0.6 is 0 Å². The van der Waals surface area contributed by atoms with Crippen molar-refractivity contribution >= 4 is 6.09 Å². The van der Waals surface area contributed by atoms with Gasteiger partial charge in [-0.25, -0.2) is 4.79 Å². The van der Waals surface area contributed by atoms with Gasteiger partial charge in [0.05, 0.1) is 6.54 Å². The Balaban J connectivity index is 1.47. The largest absolute Gasteiger partial charge is 0.448 e. The van der Waals surface area contributed by atoms with E-state index in [2.05, 4.69) is 11.8 Å². The van der Waals surface area contributed by atoms with Crippen LogP contribution in [0.2, 0.25) is 0 Å². The summed E-state index contributed by atoms with van der Waals surface area (Å²) in [6, 6.07) is 1.56. The number of cyclic esters (lactones) is 1. The highest BCUT2D eigenvalue weighted by Gasteiger charge is 2.39. The van der Waals surface area contributed by atoms with E-state index in [-0.39, 0.29) is 6.09 Å². The van der Waals surface area contributed by atoms with Crippen LogP contribution in [-0.4, -0.2) is 54.2 Å². The van der Waals surface area contributed by atoms with Crippen molar-refractivity contribution in [3.8, 4) is 0 Å². The number of nitrogens with zero attached hydrogens (tertiary/aromatic N) is 2. The van der Waals surface area contributed by atoms with E-state index >= 15 is 0 Å². The summed E-state index contributed by atoms with van der Waals surface area (Å²) >= 11 is 0. The number of likely N-dealkylation sites (tertiary alicyclic amines) is 1. The summed E-state index contributed by atoms with van der Waals surface area (Å²) in [7, 11) is 0. The first-order valence-electron chi connectivity index (χ1n) is 7.93. The third-order valence-electron chi connectivity index (χ3n) is 5.19. The SMILES string of the molecule is C[C@@H]1C[C@H]2CCCC[C@H]2N1CCCN1CCOC1=O. The van der Waals surface area contributed by atoms with Crippen molar-refractivity contribution in [2.24, 2.45) is 5.92 Å². The number of rotatable bonds is 4. The van der Waals surface area contributed by atoms with E-state index in [1.54, 1.807) is 0 Å². The molecule has 0 radical (unpaired) electrons. The van der Waals surface area contributed by atoms with E-state index in [0.717, 1.165) is 44.1 Å². The molecule has 0 bridgehead atoms. The first-order valence-corrected chi connectivity index (χ1v) is 7.93. The Morgan fingerprint density at radius 3 is 2.89 bits per heavy atom. The Kier molecular flexibility index (Phi) is 3.96. The highest BCUT2D eigenvalue weighted by Crippen LogP contribution is 2.39. The molecular weight excluding hydrogens is 240 g/mol. The highest BCUT2D eigenvalue weighted by molar-refractivity contribution is 5.69. The van der Waals surface area contributed by atoms with E-state index in [4.69, 9.17) is 4.74 Å². The molecule has 3 atom stereocenters. The fourth-order valence-corrected chi connectivity index (χ4v) is 4.26. The van der Waals surface area contributed by atoms with Crippen LogP contribution in [-0.2, 0) is 4.74 Å². The quantitative estimate of drug-likeness (QED) is 0.783. The molecule has 108 valence electrons. The molecule has 3 aliphatic rings. The van der Waals surface area contributed by atoms with Crippen LogP contribution in [0.15, 0.2) is 0 Å². The van der Waals surface area contributed by atoms with Crippen LogP contribution in [0.1, 0.15) is 45.4 Å². The van der Waals surface area contributed by atoms with Crippen molar-refractivity contribution in [3.05, 3.63) is 0 Å². The zero-order chi connectivity index (χ0) is 13.2. The van der Waals surface area contributed by atoms with Crippen molar-refractivity contribution in [2.75, 3.05) is 26.2 Å². The minimum absolute atomic E-state index is 0.120. The topological polar surface area (TPSA) is 32.8 Å². The number of ether oxygens (including phenoxy) is 1. The van der Waals surface area contributed by atoms with E-state index in [9.17, 15) is 4.79 Å². The van der Waals surface area contributed by atoms with Gasteiger partial charge in [-0.2, -0.15) is 0 Å². The summed E-state index contributed by atoms with van der Waals surface area (Å²) in [6.07, 6.45) is 8.01. The van der Waals surface area contributed by atoms with E-state index in [0.29, 0.717) is 6.61 Å². The third-order valence-corrected chi connectivity index (χ3v) is 5.19. The molecule has 0 unspecified atom stereocenters. The summed E-state index contributed by atoms with van der Waals surface area (Å²) in [4.78, 5) is 15.9. The molecule has 4 nitrogen and oxygen atoms in total. The van der Waals surface area contributed by atoms with Crippen LogP contribution in [0.25, 0.3) is 0 Å². The van der Waals surface area contributed by atoms with Gasteiger partial charge in [0.1, 0.15) is 6.61 Å². The summed E-state index contributed by atoms with van der Waals surface area (Å²) in [6.45, 7) is 5.73. The summed E-state index contributed by atoms with van der Waals surface area (Å²) in [5.41, 5.74) is 0. The maximum Gasteiger partial charge on any atom is 0.409 e. The van der Waals surface area contributed by atoms with Crippen LogP contribution in [0.5, 0.6) is 0 Å². The van der Waals surface area contributed by atoms with Crippen LogP contribution in [0, 0.1) is 5.92 Å². The Bertz CT molecular complexity index is 334. The molecule has 0 N–H and O–H groups in total. The zero-order valence-corrected chi connectivity index (χ0v) is 12.0. The maximum absolute atomic E-state index is 11.4. The predicted octanol–water partition coefficient (Wildman–Crippen LogP) is 2.48. The van der Waals surface area contributed by atoms with Crippen molar-refractivity contribution in [1.29, 1.82) is 0 Å². The molecule has 3 fully saturated rings. The zero-order valence-electron chi connectivity index (χ0n) is 12.0. The molecule has 1 aliphatic carbocycles. The average Bonchev–Trinajstić information content (AvgIpc) is 2.94. The lowest BCUT2D eigenvalue weighted by Crippen LogP contribution is -2.39. The number of fused-ring (bicyclic) bond motifs is 1. The monoisotopic (exact) mass is 266 g/mol. The molecule has 4 heteroatoms. The van der Waals surface area contributed by atoms with Crippen molar-refractivity contribution in [3.63, 3.8) is 0 Å². The van der Waals surface area contributed by atoms with Gasteiger partial charge in [0.15, 0.2) is 0 Å². The van der Waals surface area contributed by atoms with Gasteiger partial charge in [-0.1, -0.05) is 12.8 Å². The van der Waals surface area contributed by atoms with Gasteiger partial charge in [-0.3, -0.25) is 4.90 Å². The Morgan fingerprint density at radius 1 is 1.26 bits per heavy atom. The Hall–Kier alpha value is -0.770. The number of amides is 1. The van der Waals surface area contributed by atoms with Gasteiger partial charge in [0.2, 0.25) is 0 Å². The van der Waals surface area contributed by atoms with Crippen molar-refractivity contribution in [1.82, 2.24) is 9.80 Å². The highest BCUT2D eigenvalue weighted by atomic mass is 16.6. The van der Waals surface area contributed by atoms with E-state index in [1.165, 1.54) is 32.1 Å². The molecule has 2 aliphatic heterocycles. The molecule has 1 saturated carbocycles. The molecule has 19 heavy (non-hydrogen) atoms. The summed E-state index contributed by atoms with van der Waals surface area (Å²) in [5, 5.41) is 0. The molecule has 0 aromatic heterocycles. The van der Waals surface area contributed by atoms with Gasteiger partial charge in [0, 0.05) is 25.2 Å². The third kappa shape index (κ3) is 2.73. The molecule has 2 saturated heterocycles. The minimum atomic E-state index is -0.120. The first-order chi connectivity index (χ1) is 9.25. The van der Waals surface area contributed by atoms with Crippen LogP contribution in [0.3, 0.4) is 0 Å². The van der Waals surface area contributed by atoms with Gasteiger partial charge in [-0.15, -0.1) is 0 Å². The summed E-state index contributed by atoms with van der Waals surface area (Å²) in [5.74, 6) is 0.945. The lowest BCUT2D eigenvalue weighted by atomic mass is 9.85. The van der Waals surface area contributed by atoms with E-state index < -0.39 is 0 Å².